The van der Waals surface area contributed by atoms with Gasteiger partial charge in [-0.1, -0.05) is 65.7 Å². The lowest BCUT2D eigenvalue weighted by atomic mass is 10.0. The normalized spacial score (nSPS) is 11.6. The topological polar surface area (TPSA) is 24.4 Å². The van der Waals surface area contributed by atoms with Crippen LogP contribution in [0.4, 0.5) is 11.4 Å². The molecule has 0 fully saturated rings. The van der Waals surface area contributed by atoms with Crippen molar-refractivity contribution >= 4 is 17.2 Å². The van der Waals surface area contributed by atoms with Gasteiger partial charge in [0.1, 0.15) is 5.84 Å². The van der Waals surface area contributed by atoms with Gasteiger partial charge in [-0.15, -0.1) is 0 Å². The van der Waals surface area contributed by atoms with Gasteiger partial charge in [-0.2, -0.15) is 0 Å². The summed E-state index contributed by atoms with van der Waals surface area (Å²) in [7, 11) is 0. The van der Waals surface area contributed by atoms with Gasteiger partial charge >= 0.3 is 0 Å². The molecule has 0 aromatic heterocycles. The highest BCUT2D eigenvalue weighted by Gasteiger charge is 2.11. The van der Waals surface area contributed by atoms with Crippen LogP contribution in [0.25, 0.3) is 0 Å². The van der Waals surface area contributed by atoms with E-state index in [1.54, 1.807) is 0 Å². The van der Waals surface area contributed by atoms with Crippen LogP contribution in [0, 0.1) is 41.5 Å². The van der Waals surface area contributed by atoms with Crippen molar-refractivity contribution in [3.8, 4) is 0 Å². The number of amidine groups is 1. The van der Waals surface area contributed by atoms with Crippen LogP contribution in [0.2, 0.25) is 0 Å². The molecule has 0 aliphatic heterocycles. The molecule has 3 aromatic rings. The van der Waals surface area contributed by atoms with Crippen LogP contribution >= 0.6 is 0 Å². The van der Waals surface area contributed by atoms with Gasteiger partial charge in [0, 0.05) is 11.3 Å². The molecule has 0 saturated heterocycles. The minimum Gasteiger partial charge on any atom is -0.339 e. The van der Waals surface area contributed by atoms with E-state index < -0.39 is 0 Å². The smallest absolute Gasteiger partial charge is 0.138 e. The monoisotopic (exact) mass is 356 g/mol. The second kappa shape index (κ2) is 7.79. The fraction of sp³-hybridized carbons (Fsp3) is 0.240. The number of hydrogen-bond donors (Lipinski definition) is 1. The van der Waals surface area contributed by atoms with Crippen molar-refractivity contribution in [1.82, 2.24) is 0 Å². The molecule has 0 spiro atoms. The maximum absolute atomic E-state index is 5.07. The largest absolute Gasteiger partial charge is 0.339 e. The molecule has 0 amide bonds. The fourth-order valence-corrected chi connectivity index (χ4v) is 3.72. The van der Waals surface area contributed by atoms with E-state index in [0.29, 0.717) is 0 Å². The Morgan fingerprint density at radius 2 is 1.15 bits per heavy atom. The Labute approximate surface area is 163 Å². The number of benzene rings is 3. The molecule has 3 aromatic carbocycles. The molecule has 0 saturated carbocycles. The molecule has 1 N–H and O–H groups in total. The minimum absolute atomic E-state index is 0.876. The number of aliphatic imine (C=N–C) groups is 1. The van der Waals surface area contributed by atoms with Gasteiger partial charge < -0.3 is 5.32 Å². The van der Waals surface area contributed by atoms with E-state index in [2.05, 4.69) is 95.4 Å². The zero-order valence-electron chi connectivity index (χ0n) is 17.1. The van der Waals surface area contributed by atoms with Crippen LogP contribution in [0.3, 0.4) is 0 Å². The van der Waals surface area contributed by atoms with Gasteiger partial charge in [0.15, 0.2) is 0 Å². The van der Waals surface area contributed by atoms with E-state index in [1.807, 2.05) is 6.07 Å². The zero-order valence-corrected chi connectivity index (χ0v) is 17.1. The first-order valence-corrected chi connectivity index (χ1v) is 9.42. The lowest BCUT2D eigenvalue weighted by Gasteiger charge is -2.17. The van der Waals surface area contributed by atoms with Crippen molar-refractivity contribution in [2.45, 2.75) is 41.5 Å². The molecule has 0 heterocycles. The summed E-state index contributed by atoms with van der Waals surface area (Å²) in [6.45, 7) is 12.8. The van der Waals surface area contributed by atoms with E-state index in [1.165, 1.54) is 33.4 Å². The van der Waals surface area contributed by atoms with Crippen LogP contribution in [0.5, 0.6) is 0 Å². The van der Waals surface area contributed by atoms with Crippen molar-refractivity contribution in [2.75, 3.05) is 5.32 Å². The van der Waals surface area contributed by atoms with E-state index in [0.717, 1.165) is 22.8 Å². The number of anilines is 1. The Morgan fingerprint density at radius 1 is 0.667 bits per heavy atom. The summed E-state index contributed by atoms with van der Waals surface area (Å²) in [5.41, 5.74) is 10.6. The van der Waals surface area contributed by atoms with E-state index in [-0.39, 0.29) is 0 Å². The highest BCUT2D eigenvalue weighted by atomic mass is 15.0. The second-order valence-electron chi connectivity index (χ2n) is 7.47. The summed E-state index contributed by atoms with van der Waals surface area (Å²) in [5, 5.41) is 3.63. The molecule has 0 bridgehead atoms. The standard InChI is InChI=1S/C25H28N2/c1-16-12-18(3)23(19(4)13-16)26-25(22-10-8-7-9-11-22)27-24-20(5)14-17(2)15-21(24)6/h7-15H,1-6H3,(H,26,27). The molecule has 2 nitrogen and oxygen atoms in total. The van der Waals surface area contributed by atoms with Gasteiger partial charge in [-0.25, -0.2) is 4.99 Å². The van der Waals surface area contributed by atoms with E-state index in [4.69, 9.17) is 4.99 Å². The van der Waals surface area contributed by atoms with Crippen LogP contribution < -0.4 is 5.32 Å². The number of rotatable bonds is 3. The molecule has 0 radical (unpaired) electrons. The molecule has 0 atom stereocenters. The van der Waals surface area contributed by atoms with Gasteiger partial charge in [0.2, 0.25) is 0 Å². The highest BCUT2D eigenvalue weighted by molar-refractivity contribution is 6.10. The Hall–Kier alpha value is -2.87. The molecule has 0 aliphatic rings. The van der Waals surface area contributed by atoms with Gasteiger partial charge in [-0.05, 0) is 63.8 Å². The molecule has 0 aliphatic carbocycles. The average molecular weight is 357 g/mol. The predicted molar refractivity (Wildman–Crippen MR) is 118 cm³/mol. The van der Waals surface area contributed by atoms with Crippen molar-refractivity contribution < 1.29 is 0 Å². The lowest BCUT2D eigenvalue weighted by molar-refractivity contribution is 1.27. The molecule has 0 unspecified atom stereocenters. The maximum atomic E-state index is 5.07. The van der Waals surface area contributed by atoms with Gasteiger partial charge in [0.25, 0.3) is 0 Å². The summed E-state index contributed by atoms with van der Waals surface area (Å²) >= 11 is 0. The highest BCUT2D eigenvalue weighted by Crippen LogP contribution is 2.28. The maximum Gasteiger partial charge on any atom is 0.138 e. The molecule has 138 valence electrons. The second-order valence-corrected chi connectivity index (χ2v) is 7.47. The third kappa shape index (κ3) is 4.28. The predicted octanol–water partition coefficient (Wildman–Crippen LogP) is 6.73. The Kier molecular flexibility index (Phi) is 5.46. The Bertz CT molecular complexity index is 952. The zero-order chi connectivity index (χ0) is 19.6. The molecular weight excluding hydrogens is 328 g/mol. The Morgan fingerprint density at radius 3 is 1.67 bits per heavy atom. The van der Waals surface area contributed by atoms with Crippen LogP contribution in [-0.4, -0.2) is 5.84 Å². The van der Waals surface area contributed by atoms with E-state index >= 15 is 0 Å². The molecule has 2 heteroatoms. The van der Waals surface area contributed by atoms with Gasteiger partial charge in [0.05, 0.1) is 5.69 Å². The summed E-state index contributed by atoms with van der Waals surface area (Å²) < 4.78 is 0. The first kappa shape index (κ1) is 18.9. The SMILES string of the molecule is Cc1cc(C)c(N=C(Nc2c(C)cc(C)cc2C)c2ccccc2)c(C)c1. The van der Waals surface area contributed by atoms with Crippen molar-refractivity contribution in [3.63, 3.8) is 0 Å². The fourth-order valence-electron chi connectivity index (χ4n) is 3.72. The quantitative estimate of drug-likeness (QED) is 0.408. The van der Waals surface area contributed by atoms with Crippen LogP contribution in [0.15, 0.2) is 59.6 Å². The molecular formula is C25H28N2. The summed E-state index contributed by atoms with van der Waals surface area (Å²) in [5.74, 6) is 0.876. The van der Waals surface area contributed by atoms with Crippen molar-refractivity contribution in [3.05, 3.63) is 93.5 Å². The number of aryl methyl sites for hydroxylation is 6. The summed E-state index contributed by atoms with van der Waals surface area (Å²) in [4.78, 5) is 5.07. The van der Waals surface area contributed by atoms with E-state index in [9.17, 15) is 0 Å². The third-order valence-corrected chi connectivity index (χ3v) is 4.83. The van der Waals surface area contributed by atoms with Crippen molar-refractivity contribution in [1.29, 1.82) is 0 Å². The summed E-state index contributed by atoms with van der Waals surface area (Å²) in [6.07, 6.45) is 0. The third-order valence-electron chi connectivity index (χ3n) is 4.83. The summed E-state index contributed by atoms with van der Waals surface area (Å²) in [6, 6.07) is 19.1. The minimum atomic E-state index is 0.876. The molecule has 27 heavy (non-hydrogen) atoms. The first-order chi connectivity index (χ1) is 12.8. The average Bonchev–Trinajstić information content (AvgIpc) is 2.59. The van der Waals surface area contributed by atoms with Crippen LogP contribution in [-0.2, 0) is 0 Å². The van der Waals surface area contributed by atoms with Crippen LogP contribution in [0.1, 0.15) is 38.9 Å². The first-order valence-electron chi connectivity index (χ1n) is 9.42. The number of nitrogens with zero attached hydrogens (tertiary/aromatic N) is 1. The number of nitrogens with one attached hydrogen (secondary N) is 1. The Balaban J connectivity index is 2.14. The van der Waals surface area contributed by atoms with Gasteiger partial charge in [-0.3, -0.25) is 0 Å². The number of hydrogen-bond acceptors (Lipinski definition) is 1. The molecule has 3 rings (SSSR count). The lowest BCUT2D eigenvalue weighted by Crippen LogP contribution is -2.15. The van der Waals surface area contributed by atoms with Crippen molar-refractivity contribution in [2.24, 2.45) is 4.99 Å².